The first-order valence-corrected chi connectivity index (χ1v) is 6.22. The van der Waals surface area contributed by atoms with Gasteiger partial charge in [0.2, 0.25) is 5.95 Å². The van der Waals surface area contributed by atoms with Gasteiger partial charge in [-0.05, 0) is 18.2 Å². The minimum absolute atomic E-state index is 0.0394. The summed E-state index contributed by atoms with van der Waals surface area (Å²) in [5.74, 6) is -1.29. The highest BCUT2D eigenvalue weighted by atomic mass is 35.5. The molecule has 0 aliphatic heterocycles. The van der Waals surface area contributed by atoms with Crippen molar-refractivity contribution in [2.75, 3.05) is 0 Å². The topological polar surface area (TPSA) is 12.9 Å². The van der Waals surface area contributed by atoms with E-state index >= 15 is 0 Å². The summed E-state index contributed by atoms with van der Waals surface area (Å²) < 4.78 is 52.5. The van der Waals surface area contributed by atoms with Crippen molar-refractivity contribution in [1.29, 1.82) is 0 Å². The summed E-state index contributed by atoms with van der Waals surface area (Å²) in [7, 11) is 0. The molecule has 0 unspecified atom stereocenters. The van der Waals surface area contributed by atoms with Gasteiger partial charge in [-0.15, -0.1) is 0 Å². The van der Waals surface area contributed by atoms with Crippen LogP contribution in [0.2, 0.25) is 15.1 Å². The summed E-state index contributed by atoms with van der Waals surface area (Å²) in [6.07, 6.45) is -4.03. The number of alkyl halides is 3. The van der Waals surface area contributed by atoms with E-state index in [1.165, 1.54) is 0 Å². The largest absolute Gasteiger partial charge is 0.417 e. The molecule has 0 N–H and O–H groups in total. The van der Waals surface area contributed by atoms with Crippen LogP contribution in [0.15, 0.2) is 24.4 Å². The van der Waals surface area contributed by atoms with Gasteiger partial charge < -0.3 is 0 Å². The number of nitrogens with zero attached hydrogens (tertiary/aromatic N) is 1. The van der Waals surface area contributed by atoms with Gasteiger partial charge in [0.1, 0.15) is 0 Å². The minimum Gasteiger partial charge on any atom is -0.228 e. The number of halogens is 7. The second-order valence-corrected chi connectivity index (χ2v) is 4.99. The fraction of sp³-hybridized carbons (Fsp3) is 0.0833. The van der Waals surface area contributed by atoms with Crippen LogP contribution in [0.5, 0.6) is 0 Å². The monoisotopic (exact) mass is 343 g/mol. The maximum absolute atomic E-state index is 13.7. The minimum atomic E-state index is -4.76. The van der Waals surface area contributed by atoms with E-state index in [-0.39, 0.29) is 20.6 Å². The van der Waals surface area contributed by atoms with Crippen molar-refractivity contribution in [3.63, 3.8) is 0 Å². The fourth-order valence-corrected chi connectivity index (χ4v) is 2.28. The van der Waals surface area contributed by atoms with Crippen LogP contribution in [0.4, 0.5) is 17.6 Å². The fourth-order valence-electron chi connectivity index (χ4n) is 1.64. The number of hydrogen-bond donors (Lipinski definition) is 0. The predicted octanol–water partition coefficient (Wildman–Crippen LogP) is 5.87. The standard InChI is InChI=1S/C12H4Cl3F4N/c13-7-4-9(15)8(14)3-5(7)10-6(12(17,18)19)1-2-20-11(10)16/h1-4H. The molecule has 8 heteroatoms. The van der Waals surface area contributed by atoms with Crippen LogP contribution in [0.1, 0.15) is 5.56 Å². The van der Waals surface area contributed by atoms with Crippen molar-refractivity contribution in [2.45, 2.75) is 6.18 Å². The molecule has 0 saturated carbocycles. The molecule has 20 heavy (non-hydrogen) atoms. The zero-order valence-corrected chi connectivity index (χ0v) is 11.7. The smallest absolute Gasteiger partial charge is 0.228 e. The van der Waals surface area contributed by atoms with Crippen molar-refractivity contribution in [2.24, 2.45) is 0 Å². The van der Waals surface area contributed by atoms with Gasteiger partial charge in [-0.3, -0.25) is 0 Å². The average molecular weight is 345 g/mol. The second kappa shape index (κ2) is 5.39. The molecule has 0 bridgehead atoms. The van der Waals surface area contributed by atoms with Gasteiger partial charge in [-0.25, -0.2) is 4.98 Å². The van der Waals surface area contributed by atoms with E-state index in [1.807, 2.05) is 0 Å². The number of hydrogen-bond acceptors (Lipinski definition) is 1. The van der Waals surface area contributed by atoms with Crippen molar-refractivity contribution < 1.29 is 17.6 Å². The van der Waals surface area contributed by atoms with Crippen molar-refractivity contribution in [3.8, 4) is 11.1 Å². The molecule has 0 atom stereocenters. The molecule has 0 aliphatic carbocycles. The number of pyridine rings is 1. The first-order valence-electron chi connectivity index (χ1n) is 5.08. The number of benzene rings is 1. The van der Waals surface area contributed by atoms with E-state index in [0.717, 1.165) is 18.3 Å². The predicted molar refractivity (Wildman–Crippen MR) is 69.7 cm³/mol. The maximum Gasteiger partial charge on any atom is 0.417 e. The highest BCUT2D eigenvalue weighted by Gasteiger charge is 2.36. The average Bonchev–Trinajstić information content (AvgIpc) is 2.33. The molecule has 106 valence electrons. The summed E-state index contributed by atoms with van der Waals surface area (Å²) in [5, 5.41) is -0.141. The number of rotatable bonds is 1. The van der Waals surface area contributed by atoms with Gasteiger partial charge in [0, 0.05) is 11.8 Å². The molecule has 0 saturated heterocycles. The summed E-state index contributed by atoms with van der Waals surface area (Å²) in [6.45, 7) is 0. The third kappa shape index (κ3) is 2.85. The third-order valence-corrected chi connectivity index (χ3v) is 3.52. The Labute approximate surface area is 126 Å². The van der Waals surface area contributed by atoms with Crippen LogP contribution < -0.4 is 0 Å². The molecule has 2 rings (SSSR count). The Morgan fingerprint density at radius 3 is 2.15 bits per heavy atom. The Balaban J connectivity index is 2.79. The molecule has 0 radical (unpaired) electrons. The van der Waals surface area contributed by atoms with Crippen LogP contribution in [-0.4, -0.2) is 4.98 Å². The molecule has 1 aromatic carbocycles. The normalized spacial score (nSPS) is 11.8. The van der Waals surface area contributed by atoms with E-state index in [9.17, 15) is 17.6 Å². The molecule has 0 amide bonds. The van der Waals surface area contributed by atoms with Crippen molar-refractivity contribution in [3.05, 3.63) is 51.0 Å². The van der Waals surface area contributed by atoms with Crippen LogP contribution in [0.25, 0.3) is 11.1 Å². The molecule has 1 heterocycles. The van der Waals surface area contributed by atoms with Gasteiger partial charge in [-0.2, -0.15) is 17.6 Å². The van der Waals surface area contributed by atoms with Gasteiger partial charge >= 0.3 is 6.18 Å². The lowest BCUT2D eigenvalue weighted by Gasteiger charge is -2.14. The zero-order valence-electron chi connectivity index (χ0n) is 9.40. The van der Waals surface area contributed by atoms with E-state index in [0.29, 0.717) is 6.07 Å². The quantitative estimate of drug-likeness (QED) is 0.358. The number of aromatic nitrogens is 1. The second-order valence-electron chi connectivity index (χ2n) is 3.77. The maximum atomic E-state index is 13.7. The van der Waals surface area contributed by atoms with E-state index < -0.39 is 23.3 Å². The van der Waals surface area contributed by atoms with E-state index in [4.69, 9.17) is 34.8 Å². The highest BCUT2D eigenvalue weighted by Crippen LogP contribution is 2.42. The van der Waals surface area contributed by atoms with E-state index in [1.54, 1.807) is 0 Å². The molecule has 0 fully saturated rings. The summed E-state index contributed by atoms with van der Waals surface area (Å²) in [4.78, 5) is 3.22. The van der Waals surface area contributed by atoms with Gasteiger partial charge in [0.05, 0.1) is 26.2 Å². The molecular formula is C12H4Cl3F4N. The first-order chi connectivity index (χ1) is 9.21. The Bertz CT molecular complexity index is 670. The summed E-state index contributed by atoms with van der Waals surface area (Å²) in [5.41, 5.74) is -2.17. The van der Waals surface area contributed by atoms with Crippen LogP contribution >= 0.6 is 34.8 Å². The van der Waals surface area contributed by atoms with Crippen LogP contribution in [0.3, 0.4) is 0 Å². The van der Waals surface area contributed by atoms with E-state index in [2.05, 4.69) is 4.98 Å². The molecule has 0 spiro atoms. The summed E-state index contributed by atoms with van der Waals surface area (Å²) >= 11 is 17.3. The van der Waals surface area contributed by atoms with Gasteiger partial charge in [0.25, 0.3) is 0 Å². The van der Waals surface area contributed by atoms with Crippen molar-refractivity contribution in [1.82, 2.24) is 4.98 Å². The first kappa shape index (κ1) is 15.4. The zero-order chi connectivity index (χ0) is 15.1. The molecule has 1 nitrogen and oxygen atoms in total. The third-order valence-electron chi connectivity index (χ3n) is 2.49. The van der Waals surface area contributed by atoms with Crippen molar-refractivity contribution >= 4 is 34.8 Å². The van der Waals surface area contributed by atoms with Crippen LogP contribution in [0, 0.1) is 5.95 Å². The Morgan fingerprint density at radius 2 is 1.55 bits per heavy atom. The lowest BCUT2D eigenvalue weighted by molar-refractivity contribution is -0.137. The van der Waals surface area contributed by atoms with Gasteiger partial charge in [0.15, 0.2) is 0 Å². The SMILES string of the molecule is Fc1nccc(C(F)(F)F)c1-c1cc(Cl)c(Cl)cc1Cl. The Hall–Kier alpha value is -1.04. The summed E-state index contributed by atoms with van der Waals surface area (Å²) in [6, 6.07) is 2.88. The molecule has 1 aromatic heterocycles. The molecule has 2 aromatic rings. The Morgan fingerprint density at radius 1 is 0.950 bits per heavy atom. The highest BCUT2D eigenvalue weighted by molar-refractivity contribution is 6.44. The molecule has 0 aliphatic rings. The molecular weight excluding hydrogens is 340 g/mol. The van der Waals surface area contributed by atoms with Gasteiger partial charge in [-0.1, -0.05) is 34.8 Å². The lowest BCUT2D eigenvalue weighted by Crippen LogP contribution is -2.09. The lowest BCUT2D eigenvalue weighted by atomic mass is 10.0. The Kier molecular flexibility index (Phi) is 4.14. The van der Waals surface area contributed by atoms with Crippen LogP contribution in [-0.2, 0) is 6.18 Å².